The highest BCUT2D eigenvalue weighted by Crippen LogP contribution is 2.09. The van der Waals surface area contributed by atoms with Crippen LogP contribution in [0, 0.1) is 12.7 Å². The van der Waals surface area contributed by atoms with Crippen molar-refractivity contribution in [1.29, 1.82) is 0 Å². The van der Waals surface area contributed by atoms with Gasteiger partial charge in [-0.25, -0.2) is 9.37 Å². The molecule has 0 fully saturated rings. The number of nitrogens with zero attached hydrogens (tertiary/aromatic N) is 1. The van der Waals surface area contributed by atoms with Gasteiger partial charge in [0.25, 0.3) is 5.91 Å². The van der Waals surface area contributed by atoms with Crippen molar-refractivity contribution < 1.29 is 14.0 Å². The van der Waals surface area contributed by atoms with E-state index in [9.17, 15) is 14.0 Å². The molecule has 150 valence electrons. The van der Waals surface area contributed by atoms with E-state index in [0.717, 1.165) is 16.7 Å². The monoisotopic (exact) mass is 395 g/mol. The van der Waals surface area contributed by atoms with Crippen LogP contribution < -0.4 is 16.4 Å². The smallest absolute Gasteiger partial charge is 0.268 e. The summed E-state index contributed by atoms with van der Waals surface area (Å²) in [5, 5.41) is 5.54. The van der Waals surface area contributed by atoms with Crippen molar-refractivity contribution in [2.24, 2.45) is 0 Å². The summed E-state index contributed by atoms with van der Waals surface area (Å²) in [5.74, 6) is -0.725. The lowest BCUT2D eigenvalue weighted by Crippen LogP contribution is -2.48. The Bertz CT molecular complexity index is 983. The van der Waals surface area contributed by atoms with E-state index in [2.05, 4.69) is 20.6 Å². The van der Waals surface area contributed by atoms with Gasteiger partial charge in [-0.15, -0.1) is 0 Å². The summed E-state index contributed by atoms with van der Waals surface area (Å²) in [6.07, 6.45) is 3.50. The minimum absolute atomic E-state index is 0.220. The molecule has 3 rings (SSSR count). The summed E-state index contributed by atoms with van der Waals surface area (Å²) in [6.45, 7) is 2.10. The molecule has 2 amide bonds. The number of halogens is 1. The van der Waals surface area contributed by atoms with Gasteiger partial charge in [0.2, 0.25) is 5.91 Å². The fourth-order valence-corrected chi connectivity index (χ4v) is 2.79. The highest BCUT2D eigenvalue weighted by Gasteiger charge is 2.22. The maximum Gasteiger partial charge on any atom is 0.268 e. The van der Waals surface area contributed by atoms with Crippen LogP contribution in [0.4, 0.5) is 10.2 Å². The average Bonchev–Trinajstić information content (AvgIpc) is 3.15. The number of pyridine rings is 1. The normalized spacial score (nSPS) is 11.7. The first-order valence-electron chi connectivity index (χ1n) is 9.09. The van der Waals surface area contributed by atoms with Gasteiger partial charge < -0.3 is 21.4 Å². The zero-order valence-corrected chi connectivity index (χ0v) is 15.9. The van der Waals surface area contributed by atoms with Gasteiger partial charge in [-0.2, -0.15) is 0 Å². The summed E-state index contributed by atoms with van der Waals surface area (Å²) in [5.41, 5.74) is 8.34. The van der Waals surface area contributed by atoms with Crippen LogP contribution in [0.25, 0.3) is 0 Å². The molecule has 2 aromatic heterocycles. The van der Waals surface area contributed by atoms with E-state index >= 15 is 0 Å². The molecule has 3 aromatic rings. The first-order chi connectivity index (χ1) is 13.9. The third-order valence-corrected chi connectivity index (χ3v) is 4.36. The van der Waals surface area contributed by atoms with Gasteiger partial charge in [-0.3, -0.25) is 9.59 Å². The van der Waals surface area contributed by atoms with Crippen LogP contribution in [0.3, 0.4) is 0 Å². The number of aryl methyl sites for hydroxylation is 1. The topological polar surface area (TPSA) is 113 Å². The van der Waals surface area contributed by atoms with Crippen molar-refractivity contribution in [2.75, 3.05) is 5.73 Å². The van der Waals surface area contributed by atoms with Crippen LogP contribution >= 0.6 is 0 Å². The Balaban J connectivity index is 1.71. The number of carbonyl (C=O) groups excluding carboxylic acids is 2. The van der Waals surface area contributed by atoms with E-state index in [-0.39, 0.29) is 24.7 Å². The zero-order valence-electron chi connectivity index (χ0n) is 15.9. The second-order valence-corrected chi connectivity index (χ2v) is 6.76. The second-order valence-electron chi connectivity index (χ2n) is 6.76. The summed E-state index contributed by atoms with van der Waals surface area (Å²) < 4.78 is 13.2. The van der Waals surface area contributed by atoms with Crippen LogP contribution in [0.15, 0.2) is 54.9 Å². The number of amides is 2. The molecule has 0 spiro atoms. The van der Waals surface area contributed by atoms with Gasteiger partial charge in [0.15, 0.2) is 0 Å². The summed E-state index contributed by atoms with van der Waals surface area (Å²) >= 11 is 0. The van der Waals surface area contributed by atoms with Crippen LogP contribution in [0.1, 0.15) is 27.2 Å². The maximum absolute atomic E-state index is 13.2. The van der Waals surface area contributed by atoms with E-state index in [4.69, 9.17) is 5.73 Å². The fraction of sp³-hybridized carbons (Fsp3) is 0.190. The van der Waals surface area contributed by atoms with Crippen LogP contribution in [0.5, 0.6) is 0 Å². The highest BCUT2D eigenvalue weighted by atomic mass is 19.1. The molecule has 0 saturated carbocycles. The molecule has 5 N–H and O–H groups in total. The number of nitrogens with one attached hydrogen (secondary N) is 3. The number of aromatic amines is 1. The Morgan fingerprint density at radius 1 is 1.17 bits per heavy atom. The Labute approximate surface area is 167 Å². The highest BCUT2D eigenvalue weighted by molar-refractivity contribution is 5.96. The Hall–Kier alpha value is -3.68. The van der Waals surface area contributed by atoms with Gasteiger partial charge in [-0.1, -0.05) is 18.2 Å². The number of carbonyl (C=O) groups is 2. The molecular weight excluding hydrogens is 373 g/mol. The number of hydrogen-bond acceptors (Lipinski definition) is 4. The van der Waals surface area contributed by atoms with Crippen molar-refractivity contribution >= 4 is 17.6 Å². The number of rotatable bonds is 7. The number of hydrogen-bond donors (Lipinski definition) is 4. The molecule has 0 radical (unpaired) electrons. The Morgan fingerprint density at radius 3 is 2.52 bits per heavy atom. The van der Waals surface area contributed by atoms with Gasteiger partial charge in [-0.05, 0) is 47.9 Å². The van der Waals surface area contributed by atoms with Crippen molar-refractivity contribution in [1.82, 2.24) is 20.6 Å². The number of benzene rings is 1. The Morgan fingerprint density at radius 2 is 1.90 bits per heavy atom. The molecule has 0 bridgehead atoms. The quantitative estimate of drug-likeness (QED) is 0.491. The largest absolute Gasteiger partial charge is 0.384 e. The fourth-order valence-electron chi connectivity index (χ4n) is 2.79. The van der Waals surface area contributed by atoms with Gasteiger partial charge in [0.05, 0.1) is 0 Å². The number of nitrogens with two attached hydrogens (primary N) is 1. The molecule has 8 heteroatoms. The minimum atomic E-state index is -0.835. The molecule has 1 atom stereocenters. The molecule has 0 aliphatic rings. The van der Waals surface area contributed by atoms with E-state index in [0.29, 0.717) is 11.5 Å². The average molecular weight is 395 g/mol. The van der Waals surface area contributed by atoms with Crippen molar-refractivity contribution in [3.8, 4) is 0 Å². The second kappa shape index (κ2) is 9.01. The van der Waals surface area contributed by atoms with Crippen LogP contribution in [0.2, 0.25) is 0 Å². The number of anilines is 1. The number of aromatic nitrogens is 2. The zero-order chi connectivity index (χ0) is 20.8. The van der Waals surface area contributed by atoms with E-state index in [1.54, 1.807) is 42.7 Å². The Kier molecular flexibility index (Phi) is 6.23. The van der Waals surface area contributed by atoms with E-state index < -0.39 is 11.9 Å². The predicted molar refractivity (Wildman–Crippen MR) is 107 cm³/mol. The lowest BCUT2D eigenvalue weighted by Gasteiger charge is -2.18. The first-order valence-corrected chi connectivity index (χ1v) is 9.09. The lowest BCUT2D eigenvalue weighted by atomic mass is 10.0. The number of nitrogen functional groups attached to an aromatic ring is 1. The molecule has 1 aromatic carbocycles. The summed E-state index contributed by atoms with van der Waals surface area (Å²) in [4.78, 5) is 32.2. The molecule has 29 heavy (non-hydrogen) atoms. The van der Waals surface area contributed by atoms with Crippen LogP contribution in [-0.2, 0) is 17.8 Å². The summed E-state index contributed by atoms with van der Waals surface area (Å²) in [7, 11) is 0. The van der Waals surface area contributed by atoms with Crippen molar-refractivity contribution in [3.05, 3.63) is 83.1 Å². The third kappa shape index (κ3) is 5.65. The van der Waals surface area contributed by atoms with Crippen molar-refractivity contribution in [3.63, 3.8) is 0 Å². The minimum Gasteiger partial charge on any atom is -0.384 e. The standard InChI is InChI=1S/C21H22FN5O2/c1-13-8-17(24-10-13)21(29)27-18(9-14-2-5-16(22)6-3-14)20(28)26-12-15-4-7-19(23)25-11-15/h2-8,10-11,18,24H,9,12H2,1H3,(H2,23,25)(H,26,28)(H,27,29)/t18-/m0/s1. The molecule has 0 aliphatic carbocycles. The van der Waals surface area contributed by atoms with Gasteiger partial charge in [0, 0.05) is 25.4 Å². The predicted octanol–water partition coefficient (Wildman–Crippen LogP) is 2.10. The molecular formula is C21H22FN5O2. The SMILES string of the molecule is Cc1c[nH]c(C(=O)N[C@@H](Cc2ccc(F)cc2)C(=O)NCc2ccc(N)nc2)c1. The maximum atomic E-state index is 13.2. The molecule has 7 nitrogen and oxygen atoms in total. The molecule has 0 aliphatic heterocycles. The molecule has 0 unspecified atom stereocenters. The van der Waals surface area contributed by atoms with Crippen molar-refractivity contribution in [2.45, 2.75) is 25.9 Å². The van der Waals surface area contributed by atoms with Gasteiger partial charge >= 0.3 is 0 Å². The molecule has 0 saturated heterocycles. The van der Waals surface area contributed by atoms with E-state index in [1.165, 1.54) is 12.1 Å². The lowest BCUT2D eigenvalue weighted by molar-refractivity contribution is -0.123. The third-order valence-electron chi connectivity index (χ3n) is 4.36. The summed E-state index contributed by atoms with van der Waals surface area (Å²) in [6, 6.07) is 10.1. The van der Waals surface area contributed by atoms with E-state index in [1.807, 2.05) is 6.92 Å². The first kappa shape index (κ1) is 20.1. The number of H-pyrrole nitrogens is 1. The van der Waals surface area contributed by atoms with Crippen LogP contribution in [-0.4, -0.2) is 27.8 Å². The van der Waals surface area contributed by atoms with Gasteiger partial charge in [0.1, 0.15) is 23.4 Å². The molecule has 2 heterocycles.